The molecule has 0 radical (unpaired) electrons. The largest absolute Gasteiger partial charge is 0.381 e. The van der Waals surface area contributed by atoms with Crippen LogP contribution in [0.15, 0.2) is 0 Å². The second-order valence-electron chi connectivity index (χ2n) is 5.63. The average Bonchev–Trinajstić information content (AvgIpc) is 2.58. The fourth-order valence-corrected chi connectivity index (χ4v) is 3.08. The van der Waals surface area contributed by atoms with Crippen molar-refractivity contribution in [2.45, 2.75) is 57.6 Å². The van der Waals surface area contributed by atoms with Crippen LogP contribution in [-0.4, -0.2) is 38.0 Å². The second-order valence-corrected chi connectivity index (χ2v) is 5.63. The molecule has 2 rings (SSSR count). The van der Waals surface area contributed by atoms with Gasteiger partial charge in [-0.2, -0.15) is 0 Å². The van der Waals surface area contributed by atoms with Gasteiger partial charge in [-0.1, -0.05) is 20.3 Å². The molecule has 0 amide bonds. The van der Waals surface area contributed by atoms with Gasteiger partial charge in [0.15, 0.2) is 0 Å². The van der Waals surface area contributed by atoms with Crippen molar-refractivity contribution in [3.63, 3.8) is 0 Å². The van der Waals surface area contributed by atoms with E-state index in [2.05, 4.69) is 19.2 Å². The van der Waals surface area contributed by atoms with Crippen LogP contribution in [0, 0.1) is 5.92 Å². The summed E-state index contributed by atoms with van der Waals surface area (Å²) in [6, 6.07) is 0.521. The van der Waals surface area contributed by atoms with Gasteiger partial charge in [0.1, 0.15) is 0 Å². The highest BCUT2D eigenvalue weighted by Gasteiger charge is 2.42. The lowest BCUT2D eigenvalue weighted by Gasteiger charge is -2.45. The standard InChI is InChI=1S/C14H27NO2/c1-3-12(2)11-13-14(17-10-7-15-13)5-4-8-16-9-6-14/h12-13,15H,3-11H2,1-2H3. The molecule has 2 aliphatic rings. The summed E-state index contributed by atoms with van der Waals surface area (Å²) in [5.41, 5.74) is 0.0537. The smallest absolute Gasteiger partial charge is 0.0858 e. The maximum atomic E-state index is 6.20. The van der Waals surface area contributed by atoms with E-state index in [9.17, 15) is 0 Å². The number of ether oxygens (including phenoxy) is 2. The van der Waals surface area contributed by atoms with Crippen LogP contribution in [0.25, 0.3) is 0 Å². The molecule has 2 heterocycles. The van der Waals surface area contributed by atoms with Crippen LogP contribution in [0.4, 0.5) is 0 Å². The van der Waals surface area contributed by atoms with E-state index in [1.807, 2.05) is 0 Å². The van der Waals surface area contributed by atoms with Crippen LogP contribution < -0.4 is 5.32 Å². The summed E-state index contributed by atoms with van der Waals surface area (Å²) in [5.74, 6) is 0.773. The van der Waals surface area contributed by atoms with Crippen molar-refractivity contribution in [2.75, 3.05) is 26.4 Å². The summed E-state index contributed by atoms with van der Waals surface area (Å²) in [6.45, 7) is 8.25. The first-order valence-electron chi connectivity index (χ1n) is 7.22. The average molecular weight is 241 g/mol. The molecule has 0 aromatic heterocycles. The lowest BCUT2D eigenvalue weighted by Crippen LogP contribution is -2.58. The van der Waals surface area contributed by atoms with E-state index in [4.69, 9.17) is 9.47 Å². The molecule has 2 fully saturated rings. The minimum absolute atomic E-state index is 0.0537. The van der Waals surface area contributed by atoms with Gasteiger partial charge >= 0.3 is 0 Å². The molecule has 0 bridgehead atoms. The maximum absolute atomic E-state index is 6.20. The Morgan fingerprint density at radius 1 is 1.29 bits per heavy atom. The van der Waals surface area contributed by atoms with Gasteiger partial charge in [0.25, 0.3) is 0 Å². The van der Waals surface area contributed by atoms with Gasteiger partial charge in [0, 0.05) is 32.2 Å². The summed E-state index contributed by atoms with van der Waals surface area (Å²) in [7, 11) is 0. The third kappa shape index (κ3) is 3.21. The molecule has 3 unspecified atom stereocenters. The van der Waals surface area contributed by atoms with Crippen molar-refractivity contribution in [2.24, 2.45) is 5.92 Å². The number of rotatable bonds is 3. The Hall–Kier alpha value is -0.120. The monoisotopic (exact) mass is 241 g/mol. The van der Waals surface area contributed by atoms with E-state index in [-0.39, 0.29) is 5.60 Å². The van der Waals surface area contributed by atoms with Gasteiger partial charge in [0.05, 0.1) is 12.2 Å². The summed E-state index contributed by atoms with van der Waals surface area (Å²) in [4.78, 5) is 0. The Kier molecular flexibility index (Phi) is 4.83. The van der Waals surface area contributed by atoms with E-state index in [1.165, 1.54) is 12.8 Å². The minimum Gasteiger partial charge on any atom is -0.381 e. The molecular formula is C14H27NO2. The van der Waals surface area contributed by atoms with Crippen molar-refractivity contribution in [3.8, 4) is 0 Å². The molecule has 3 nitrogen and oxygen atoms in total. The number of nitrogens with one attached hydrogen (secondary N) is 1. The molecule has 0 saturated carbocycles. The van der Waals surface area contributed by atoms with Crippen molar-refractivity contribution < 1.29 is 9.47 Å². The van der Waals surface area contributed by atoms with E-state index < -0.39 is 0 Å². The van der Waals surface area contributed by atoms with Crippen molar-refractivity contribution >= 4 is 0 Å². The normalized spacial score (nSPS) is 36.7. The SMILES string of the molecule is CCC(C)CC1NCCOC12CCCOCC2. The predicted molar refractivity (Wildman–Crippen MR) is 69.2 cm³/mol. The maximum Gasteiger partial charge on any atom is 0.0858 e. The molecule has 1 N–H and O–H groups in total. The molecule has 100 valence electrons. The quantitative estimate of drug-likeness (QED) is 0.823. The zero-order chi connectivity index (χ0) is 12.1. The van der Waals surface area contributed by atoms with Crippen LogP contribution in [0.5, 0.6) is 0 Å². The summed E-state index contributed by atoms with van der Waals surface area (Å²) in [6.07, 6.45) is 5.84. The molecule has 3 heteroatoms. The van der Waals surface area contributed by atoms with Crippen LogP contribution in [0.3, 0.4) is 0 Å². The Labute approximate surface area is 105 Å². The van der Waals surface area contributed by atoms with Gasteiger partial charge in [-0.15, -0.1) is 0 Å². The van der Waals surface area contributed by atoms with E-state index in [1.54, 1.807) is 0 Å². The first kappa shape index (κ1) is 13.3. The molecular weight excluding hydrogens is 214 g/mol. The zero-order valence-corrected chi connectivity index (χ0v) is 11.3. The van der Waals surface area contributed by atoms with Crippen LogP contribution in [-0.2, 0) is 9.47 Å². The third-order valence-electron chi connectivity index (χ3n) is 4.41. The van der Waals surface area contributed by atoms with Gasteiger partial charge in [-0.3, -0.25) is 0 Å². The summed E-state index contributed by atoms with van der Waals surface area (Å²) < 4.78 is 11.8. The fourth-order valence-electron chi connectivity index (χ4n) is 3.08. The highest BCUT2D eigenvalue weighted by molar-refractivity contribution is 4.97. The van der Waals surface area contributed by atoms with Crippen LogP contribution in [0.1, 0.15) is 46.0 Å². The molecule has 0 aliphatic carbocycles. The topological polar surface area (TPSA) is 30.5 Å². The highest BCUT2D eigenvalue weighted by atomic mass is 16.5. The van der Waals surface area contributed by atoms with Crippen LogP contribution in [0.2, 0.25) is 0 Å². The van der Waals surface area contributed by atoms with E-state index >= 15 is 0 Å². The first-order valence-corrected chi connectivity index (χ1v) is 7.22. The Morgan fingerprint density at radius 2 is 2.18 bits per heavy atom. The van der Waals surface area contributed by atoms with Gasteiger partial charge in [-0.25, -0.2) is 0 Å². The lowest BCUT2D eigenvalue weighted by molar-refractivity contribution is -0.111. The lowest BCUT2D eigenvalue weighted by atomic mass is 9.80. The number of morpholine rings is 1. The van der Waals surface area contributed by atoms with E-state index in [0.29, 0.717) is 6.04 Å². The molecule has 2 aliphatic heterocycles. The number of hydrogen-bond acceptors (Lipinski definition) is 3. The van der Waals surface area contributed by atoms with Crippen molar-refractivity contribution in [1.82, 2.24) is 5.32 Å². The second kappa shape index (κ2) is 6.17. The van der Waals surface area contributed by atoms with Gasteiger partial charge < -0.3 is 14.8 Å². The molecule has 17 heavy (non-hydrogen) atoms. The van der Waals surface area contributed by atoms with Crippen molar-refractivity contribution in [3.05, 3.63) is 0 Å². The Balaban J connectivity index is 2.03. The summed E-state index contributed by atoms with van der Waals surface area (Å²) >= 11 is 0. The predicted octanol–water partition coefficient (Wildman–Crippen LogP) is 2.35. The van der Waals surface area contributed by atoms with Gasteiger partial charge in [-0.05, 0) is 25.2 Å². The van der Waals surface area contributed by atoms with Crippen LogP contribution >= 0.6 is 0 Å². The Morgan fingerprint density at radius 3 is 3.00 bits per heavy atom. The minimum atomic E-state index is 0.0537. The zero-order valence-electron chi connectivity index (χ0n) is 11.3. The summed E-state index contributed by atoms with van der Waals surface area (Å²) in [5, 5.41) is 3.69. The fraction of sp³-hybridized carbons (Fsp3) is 1.00. The van der Waals surface area contributed by atoms with Gasteiger partial charge in [0.2, 0.25) is 0 Å². The Bertz CT molecular complexity index is 224. The third-order valence-corrected chi connectivity index (χ3v) is 4.41. The number of hydrogen-bond donors (Lipinski definition) is 1. The molecule has 3 atom stereocenters. The molecule has 1 spiro atoms. The molecule has 0 aromatic rings. The van der Waals surface area contributed by atoms with E-state index in [0.717, 1.165) is 51.5 Å². The van der Waals surface area contributed by atoms with Crippen molar-refractivity contribution in [1.29, 1.82) is 0 Å². The first-order chi connectivity index (χ1) is 8.27. The molecule has 2 saturated heterocycles. The molecule has 0 aromatic carbocycles. The highest BCUT2D eigenvalue weighted by Crippen LogP contribution is 2.34.